The molecule has 0 bridgehead atoms. The molecule has 0 amide bonds. The maximum absolute atomic E-state index is 12.9. The lowest BCUT2D eigenvalue weighted by atomic mass is 10.1. The van der Waals surface area contributed by atoms with Gasteiger partial charge in [0.25, 0.3) is 0 Å². The number of hydrogen-bond donors (Lipinski definition) is 0. The van der Waals surface area contributed by atoms with Crippen LogP contribution in [-0.4, -0.2) is 20.5 Å². The van der Waals surface area contributed by atoms with Crippen molar-refractivity contribution in [2.24, 2.45) is 0 Å². The van der Waals surface area contributed by atoms with Crippen LogP contribution in [0.25, 0.3) is 10.9 Å². The summed E-state index contributed by atoms with van der Waals surface area (Å²) >= 11 is 6.82. The molecule has 2 aromatic carbocycles. The fraction of sp³-hybridized carbons (Fsp3) is 0.167. The summed E-state index contributed by atoms with van der Waals surface area (Å²) in [6.07, 6.45) is 1.58. The topological polar surface area (TPSA) is 65.5 Å². The second-order valence-electron chi connectivity index (χ2n) is 5.69. The molecule has 3 rings (SSSR count). The average Bonchev–Trinajstić information content (AvgIpc) is 2.58. The number of nitrogens with zero attached hydrogens (tertiary/aromatic N) is 1. The zero-order valence-corrected chi connectivity index (χ0v) is 18.2. The van der Waals surface area contributed by atoms with Gasteiger partial charge in [0.2, 0.25) is 0 Å². The number of halogens is 2. The van der Waals surface area contributed by atoms with E-state index < -0.39 is 10.1 Å². The molecule has 0 saturated carbocycles. The number of ether oxygens (including phenoxy) is 1. The maximum Gasteiger partial charge on any atom is 0.339 e. The molecular formula is C18H15Br2NO4S. The monoisotopic (exact) mass is 499 g/mol. The Morgan fingerprint density at radius 3 is 2.46 bits per heavy atom. The smallest absolute Gasteiger partial charge is 0.339 e. The number of hydrogen-bond acceptors (Lipinski definition) is 5. The third kappa shape index (κ3) is 3.45. The van der Waals surface area contributed by atoms with Crippen molar-refractivity contribution in [3.8, 4) is 11.5 Å². The van der Waals surface area contributed by atoms with Gasteiger partial charge >= 0.3 is 10.1 Å². The molecule has 0 saturated heterocycles. The van der Waals surface area contributed by atoms with Crippen molar-refractivity contribution < 1.29 is 17.3 Å². The van der Waals surface area contributed by atoms with E-state index in [1.165, 1.54) is 13.2 Å². The molecule has 3 aromatic rings. The largest absolute Gasteiger partial charge is 0.496 e. The second kappa shape index (κ2) is 7.17. The van der Waals surface area contributed by atoms with Gasteiger partial charge in [0, 0.05) is 22.1 Å². The van der Waals surface area contributed by atoms with E-state index in [2.05, 4.69) is 36.8 Å². The van der Waals surface area contributed by atoms with E-state index in [-0.39, 0.29) is 10.6 Å². The minimum atomic E-state index is -4.09. The van der Waals surface area contributed by atoms with Gasteiger partial charge < -0.3 is 8.92 Å². The van der Waals surface area contributed by atoms with E-state index in [1.54, 1.807) is 31.3 Å². The average molecular weight is 501 g/mol. The summed E-state index contributed by atoms with van der Waals surface area (Å²) in [6.45, 7) is 3.57. The van der Waals surface area contributed by atoms with Crippen molar-refractivity contribution in [3.63, 3.8) is 0 Å². The molecule has 136 valence electrons. The Balaban J connectivity index is 2.17. The van der Waals surface area contributed by atoms with Crippen LogP contribution in [0.5, 0.6) is 11.5 Å². The van der Waals surface area contributed by atoms with E-state index >= 15 is 0 Å². The van der Waals surface area contributed by atoms with Crippen LogP contribution in [0, 0.1) is 13.8 Å². The zero-order valence-electron chi connectivity index (χ0n) is 14.2. The summed E-state index contributed by atoms with van der Waals surface area (Å²) in [4.78, 5) is 4.33. The normalized spacial score (nSPS) is 11.6. The molecule has 0 aliphatic carbocycles. The molecule has 0 N–H and O–H groups in total. The molecule has 0 fully saturated rings. The third-order valence-corrected chi connectivity index (χ3v) is 6.51. The SMILES string of the molecule is COc1cc(S(=O)(=O)Oc2c(Br)cc(Br)c3cccnc23)c(C)cc1C. The molecule has 1 heterocycles. The van der Waals surface area contributed by atoms with E-state index in [9.17, 15) is 8.42 Å². The fourth-order valence-corrected chi connectivity index (χ4v) is 5.33. The number of rotatable bonds is 4. The van der Waals surface area contributed by atoms with E-state index in [0.717, 1.165) is 15.4 Å². The highest BCUT2D eigenvalue weighted by molar-refractivity contribution is 9.11. The lowest BCUT2D eigenvalue weighted by molar-refractivity contribution is 0.409. The standard InChI is InChI=1S/C18H15Br2NO4S/c1-10-7-11(2)16(9-15(10)24-3)26(22,23)25-18-14(20)8-13(19)12-5-4-6-21-17(12)18/h4-9H,1-3H3. The summed E-state index contributed by atoms with van der Waals surface area (Å²) < 4.78 is 37.9. The van der Waals surface area contributed by atoms with Gasteiger partial charge in [-0.1, -0.05) is 28.1 Å². The molecule has 5 nitrogen and oxygen atoms in total. The van der Waals surface area contributed by atoms with E-state index in [0.29, 0.717) is 21.3 Å². The molecule has 0 radical (unpaired) electrons. The van der Waals surface area contributed by atoms with Crippen LogP contribution in [0.2, 0.25) is 0 Å². The highest BCUT2D eigenvalue weighted by Crippen LogP contribution is 2.39. The van der Waals surface area contributed by atoms with Gasteiger partial charge in [-0.15, -0.1) is 0 Å². The van der Waals surface area contributed by atoms with Crippen LogP contribution in [0.3, 0.4) is 0 Å². The predicted molar refractivity (Wildman–Crippen MR) is 107 cm³/mol. The fourth-order valence-electron chi connectivity index (χ4n) is 2.68. The summed E-state index contributed by atoms with van der Waals surface area (Å²) in [5, 5.41) is 0.749. The lowest BCUT2D eigenvalue weighted by Gasteiger charge is -2.15. The minimum Gasteiger partial charge on any atom is -0.496 e. The molecule has 0 aliphatic heterocycles. The Morgan fingerprint density at radius 2 is 1.77 bits per heavy atom. The van der Waals surface area contributed by atoms with Crippen LogP contribution < -0.4 is 8.92 Å². The minimum absolute atomic E-state index is 0.0545. The predicted octanol–water partition coefficient (Wildman–Crippen LogP) is 5.15. The maximum atomic E-state index is 12.9. The number of pyridine rings is 1. The second-order valence-corrected chi connectivity index (χ2v) is 8.92. The van der Waals surface area contributed by atoms with Gasteiger partial charge in [-0.05, 0) is 53.0 Å². The van der Waals surface area contributed by atoms with Crippen molar-refractivity contribution in [2.45, 2.75) is 18.7 Å². The molecular weight excluding hydrogens is 486 g/mol. The van der Waals surface area contributed by atoms with Crippen LogP contribution in [0.1, 0.15) is 11.1 Å². The highest BCUT2D eigenvalue weighted by Gasteiger charge is 2.24. The highest BCUT2D eigenvalue weighted by atomic mass is 79.9. The molecule has 1 aromatic heterocycles. The van der Waals surface area contributed by atoms with Gasteiger partial charge in [-0.25, -0.2) is 0 Å². The van der Waals surface area contributed by atoms with Crippen molar-refractivity contribution in [2.75, 3.05) is 7.11 Å². The van der Waals surface area contributed by atoms with Gasteiger partial charge in [0.15, 0.2) is 5.75 Å². The first-order valence-corrected chi connectivity index (χ1v) is 10.6. The van der Waals surface area contributed by atoms with Crippen LogP contribution in [0.15, 0.2) is 50.4 Å². The number of aromatic nitrogens is 1. The Morgan fingerprint density at radius 1 is 1.04 bits per heavy atom. The van der Waals surface area contributed by atoms with E-state index in [4.69, 9.17) is 8.92 Å². The number of aryl methyl sites for hydroxylation is 2. The van der Waals surface area contributed by atoms with Gasteiger partial charge in [0.1, 0.15) is 16.2 Å². The molecule has 26 heavy (non-hydrogen) atoms. The lowest BCUT2D eigenvalue weighted by Crippen LogP contribution is -2.13. The van der Waals surface area contributed by atoms with Gasteiger partial charge in [0.05, 0.1) is 11.6 Å². The molecule has 0 unspecified atom stereocenters. The first-order chi connectivity index (χ1) is 12.2. The van der Waals surface area contributed by atoms with Crippen LogP contribution >= 0.6 is 31.9 Å². The summed E-state index contributed by atoms with van der Waals surface area (Å²) in [5.41, 5.74) is 1.86. The number of fused-ring (bicyclic) bond motifs is 1. The zero-order chi connectivity index (χ0) is 19.1. The van der Waals surface area contributed by atoms with Crippen LogP contribution in [-0.2, 0) is 10.1 Å². The Bertz CT molecular complexity index is 1110. The number of methoxy groups -OCH3 is 1. The van der Waals surface area contributed by atoms with Crippen molar-refractivity contribution in [1.82, 2.24) is 4.98 Å². The van der Waals surface area contributed by atoms with E-state index in [1.807, 2.05) is 13.0 Å². The van der Waals surface area contributed by atoms with Gasteiger partial charge in [-0.3, -0.25) is 4.98 Å². The Labute approximate surface area is 168 Å². The van der Waals surface area contributed by atoms with Crippen molar-refractivity contribution in [1.29, 1.82) is 0 Å². The quantitative estimate of drug-likeness (QED) is 0.463. The molecule has 8 heteroatoms. The Hall–Kier alpha value is -1.64. The molecule has 0 spiro atoms. The first-order valence-electron chi connectivity index (χ1n) is 7.57. The third-order valence-electron chi connectivity index (χ3n) is 3.91. The Kier molecular flexibility index (Phi) is 5.28. The van der Waals surface area contributed by atoms with Gasteiger partial charge in [-0.2, -0.15) is 8.42 Å². The van der Waals surface area contributed by atoms with Crippen molar-refractivity contribution in [3.05, 3.63) is 56.6 Å². The van der Waals surface area contributed by atoms with Crippen LogP contribution in [0.4, 0.5) is 0 Å². The summed E-state index contributed by atoms with van der Waals surface area (Å²) in [6, 6.07) is 8.56. The molecule has 0 aliphatic rings. The summed E-state index contributed by atoms with van der Waals surface area (Å²) in [7, 11) is -2.59. The van der Waals surface area contributed by atoms with Crippen molar-refractivity contribution >= 4 is 52.9 Å². The summed E-state index contributed by atoms with van der Waals surface area (Å²) in [5.74, 6) is 0.623. The first kappa shape index (κ1) is 19.1. The number of benzene rings is 2. The molecule has 0 atom stereocenters.